The van der Waals surface area contributed by atoms with E-state index in [0.717, 1.165) is 30.3 Å². The van der Waals surface area contributed by atoms with Gasteiger partial charge in [0.25, 0.3) is 5.91 Å². The Labute approximate surface area is 139 Å². The lowest BCUT2D eigenvalue weighted by molar-refractivity contribution is 0.0952. The number of carbonyl (C=O) groups is 1. The maximum Gasteiger partial charge on any atom is 0.252 e. The van der Waals surface area contributed by atoms with E-state index in [-0.39, 0.29) is 5.91 Å². The minimum absolute atomic E-state index is 0.0220. The first kappa shape index (κ1) is 14.7. The van der Waals surface area contributed by atoms with Crippen LogP contribution in [0.3, 0.4) is 0 Å². The topological polar surface area (TPSA) is 71.8 Å². The summed E-state index contributed by atoms with van der Waals surface area (Å²) in [5.41, 5.74) is 1.50. The predicted octanol–water partition coefficient (Wildman–Crippen LogP) is 2.44. The molecule has 1 fully saturated rings. The summed E-state index contributed by atoms with van der Waals surface area (Å²) >= 11 is 0. The minimum atomic E-state index is -0.0220. The first-order valence-corrected chi connectivity index (χ1v) is 8.21. The van der Waals surface area contributed by atoms with Crippen LogP contribution in [0.2, 0.25) is 0 Å². The normalized spacial score (nSPS) is 13.8. The molecule has 0 unspecified atom stereocenters. The molecule has 6 nitrogen and oxygen atoms in total. The van der Waals surface area contributed by atoms with Gasteiger partial charge in [-0.15, -0.1) is 0 Å². The molecule has 122 valence electrons. The maximum absolute atomic E-state index is 12.5. The Morgan fingerprint density at radius 2 is 2.12 bits per heavy atom. The first-order valence-electron chi connectivity index (χ1n) is 8.21. The van der Waals surface area contributed by atoms with Crippen molar-refractivity contribution in [3.8, 4) is 0 Å². The first-order chi connectivity index (χ1) is 11.8. The minimum Gasteiger partial charge on any atom is -0.368 e. The summed E-state index contributed by atoms with van der Waals surface area (Å²) in [6.07, 6.45) is 5.83. The van der Waals surface area contributed by atoms with Gasteiger partial charge >= 0.3 is 0 Å². The van der Waals surface area contributed by atoms with Crippen molar-refractivity contribution < 1.29 is 4.79 Å². The van der Waals surface area contributed by atoms with Crippen LogP contribution < -0.4 is 10.6 Å². The second-order valence-corrected chi connectivity index (χ2v) is 6.02. The van der Waals surface area contributed by atoms with Crippen molar-refractivity contribution in [2.24, 2.45) is 0 Å². The molecule has 0 aliphatic heterocycles. The van der Waals surface area contributed by atoms with Gasteiger partial charge in [-0.25, -0.2) is 4.98 Å². The quantitative estimate of drug-likeness (QED) is 0.731. The van der Waals surface area contributed by atoms with E-state index >= 15 is 0 Å². The summed E-state index contributed by atoms with van der Waals surface area (Å²) in [7, 11) is 0. The number of amides is 1. The largest absolute Gasteiger partial charge is 0.368 e. The van der Waals surface area contributed by atoms with E-state index < -0.39 is 0 Å². The van der Waals surface area contributed by atoms with E-state index in [4.69, 9.17) is 0 Å². The van der Waals surface area contributed by atoms with Gasteiger partial charge in [-0.1, -0.05) is 18.2 Å². The monoisotopic (exact) mass is 321 g/mol. The van der Waals surface area contributed by atoms with Crippen LogP contribution in [0.25, 0.3) is 10.9 Å². The fourth-order valence-corrected chi connectivity index (χ4v) is 2.68. The van der Waals surface area contributed by atoms with Crippen molar-refractivity contribution >= 4 is 22.6 Å². The number of benzene rings is 1. The van der Waals surface area contributed by atoms with Crippen molar-refractivity contribution in [1.82, 2.24) is 20.1 Å². The van der Waals surface area contributed by atoms with E-state index in [1.165, 1.54) is 0 Å². The molecule has 0 atom stereocenters. The molecule has 2 heterocycles. The number of pyridine rings is 1. The van der Waals surface area contributed by atoms with Gasteiger partial charge < -0.3 is 10.6 Å². The number of fused-ring (bicyclic) bond motifs is 1. The van der Waals surface area contributed by atoms with Crippen LogP contribution in [0, 0.1) is 0 Å². The van der Waals surface area contributed by atoms with Gasteiger partial charge in [-0.05, 0) is 31.0 Å². The number of nitrogens with zero attached hydrogens (tertiary/aromatic N) is 3. The maximum atomic E-state index is 12.5. The van der Waals surface area contributed by atoms with Crippen molar-refractivity contribution in [2.45, 2.75) is 25.4 Å². The van der Waals surface area contributed by atoms with E-state index in [9.17, 15) is 4.79 Å². The lowest BCUT2D eigenvalue weighted by Crippen LogP contribution is -2.26. The summed E-state index contributed by atoms with van der Waals surface area (Å²) in [5, 5.41) is 11.4. The lowest BCUT2D eigenvalue weighted by atomic mass is 10.1. The molecule has 24 heavy (non-hydrogen) atoms. The summed E-state index contributed by atoms with van der Waals surface area (Å²) in [6.45, 7) is 1.43. The average Bonchev–Trinajstić information content (AvgIpc) is 3.26. The van der Waals surface area contributed by atoms with Crippen molar-refractivity contribution in [3.05, 3.63) is 54.4 Å². The zero-order chi connectivity index (χ0) is 16.4. The van der Waals surface area contributed by atoms with Gasteiger partial charge in [0.05, 0.1) is 17.6 Å². The number of nitrogens with one attached hydrogen (secondary N) is 2. The van der Waals surface area contributed by atoms with Crippen LogP contribution in [0.15, 0.2) is 48.8 Å². The van der Waals surface area contributed by atoms with Gasteiger partial charge in [-0.2, -0.15) is 5.10 Å². The van der Waals surface area contributed by atoms with E-state index in [1.54, 1.807) is 6.20 Å². The zero-order valence-corrected chi connectivity index (χ0v) is 13.3. The molecule has 0 radical (unpaired) electrons. The van der Waals surface area contributed by atoms with Gasteiger partial charge in [0.15, 0.2) is 0 Å². The molecule has 2 aromatic heterocycles. The van der Waals surface area contributed by atoms with Crippen molar-refractivity contribution in [1.29, 1.82) is 0 Å². The molecule has 6 heteroatoms. The number of rotatable bonds is 6. The smallest absolute Gasteiger partial charge is 0.252 e. The number of anilines is 1. The SMILES string of the molecule is O=C(NC1CC1)c1cc(NCCn2cccn2)nc2ccccc12. The Morgan fingerprint density at radius 3 is 2.92 bits per heavy atom. The Morgan fingerprint density at radius 1 is 1.25 bits per heavy atom. The van der Waals surface area contributed by atoms with Crippen molar-refractivity contribution in [2.75, 3.05) is 11.9 Å². The van der Waals surface area contributed by atoms with Gasteiger partial charge in [0.1, 0.15) is 5.82 Å². The van der Waals surface area contributed by atoms with E-state index in [2.05, 4.69) is 20.7 Å². The van der Waals surface area contributed by atoms with Crippen molar-refractivity contribution in [3.63, 3.8) is 0 Å². The number of para-hydroxylation sites is 1. The van der Waals surface area contributed by atoms with E-state index in [0.29, 0.717) is 24.0 Å². The molecule has 1 aliphatic carbocycles. The number of hydrogen-bond acceptors (Lipinski definition) is 4. The third-order valence-electron chi connectivity index (χ3n) is 4.08. The van der Waals surface area contributed by atoms with Crippen LogP contribution >= 0.6 is 0 Å². The molecule has 1 aliphatic rings. The van der Waals surface area contributed by atoms with Crippen LogP contribution in [0.4, 0.5) is 5.82 Å². The van der Waals surface area contributed by atoms with Gasteiger partial charge in [-0.3, -0.25) is 9.48 Å². The molecule has 0 spiro atoms. The third-order valence-corrected chi connectivity index (χ3v) is 4.08. The highest BCUT2D eigenvalue weighted by atomic mass is 16.1. The molecule has 4 rings (SSSR count). The average molecular weight is 321 g/mol. The Bertz CT molecular complexity index is 855. The lowest BCUT2D eigenvalue weighted by Gasteiger charge is -2.11. The molecule has 1 saturated carbocycles. The van der Waals surface area contributed by atoms with Gasteiger partial charge in [0.2, 0.25) is 0 Å². The molecule has 0 saturated heterocycles. The molecule has 1 amide bonds. The van der Waals surface area contributed by atoms with Gasteiger partial charge in [0, 0.05) is 30.4 Å². The summed E-state index contributed by atoms with van der Waals surface area (Å²) in [4.78, 5) is 17.2. The fraction of sp³-hybridized carbons (Fsp3) is 0.278. The Hall–Kier alpha value is -2.89. The molecule has 2 N–H and O–H groups in total. The predicted molar refractivity (Wildman–Crippen MR) is 92.9 cm³/mol. The summed E-state index contributed by atoms with van der Waals surface area (Å²) < 4.78 is 1.86. The second-order valence-electron chi connectivity index (χ2n) is 6.02. The molecule has 1 aromatic carbocycles. The van der Waals surface area contributed by atoms with E-state index in [1.807, 2.05) is 47.3 Å². The number of hydrogen-bond donors (Lipinski definition) is 2. The second kappa shape index (κ2) is 6.31. The highest BCUT2D eigenvalue weighted by molar-refractivity contribution is 6.07. The van der Waals surface area contributed by atoms with Crippen LogP contribution in [-0.2, 0) is 6.54 Å². The number of carbonyl (C=O) groups excluding carboxylic acids is 1. The Kier molecular flexibility index (Phi) is 3.86. The summed E-state index contributed by atoms with van der Waals surface area (Å²) in [6, 6.07) is 11.8. The highest BCUT2D eigenvalue weighted by Gasteiger charge is 2.24. The third kappa shape index (κ3) is 3.22. The van der Waals surface area contributed by atoms with Crippen LogP contribution in [-0.4, -0.2) is 33.3 Å². The van der Waals surface area contributed by atoms with Crippen LogP contribution in [0.5, 0.6) is 0 Å². The number of aromatic nitrogens is 3. The standard InChI is InChI=1S/C18H19N5O/c24-18(21-13-6-7-13)15-12-17(19-9-11-23-10-3-8-20-23)22-16-5-2-1-4-14(15)16/h1-5,8,10,12-13H,6-7,9,11H2,(H,19,22)(H,21,24). The fourth-order valence-electron chi connectivity index (χ4n) is 2.68. The van der Waals surface area contributed by atoms with Crippen LogP contribution in [0.1, 0.15) is 23.2 Å². The molecular formula is C18H19N5O. The highest BCUT2D eigenvalue weighted by Crippen LogP contribution is 2.23. The molecular weight excluding hydrogens is 302 g/mol. The molecule has 0 bridgehead atoms. The summed E-state index contributed by atoms with van der Waals surface area (Å²) in [5.74, 6) is 0.688. The molecule has 3 aromatic rings. The Balaban J connectivity index is 1.57. The zero-order valence-electron chi connectivity index (χ0n) is 13.3.